The Morgan fingerprint density at radius 2 is 1.57 bits per heavy atom. The van der Waals surface area contributed by atoms with Crippen LogP contribution in [-0.4, -0.2) is 28.9 Å². The summed E-state index contributed by atoms with van der Waals surface area (Å²) >= 11 is 7.36. The second kappa shape index (κ2) is 8.18. The van der Waals surface area contributed by atoms with Gasteiger partial charge in [-0.1, -0.05) is 48.0 Å². The number of carbonyl (C=O) groups excluding carboxylic acids is 1. The smallest absolute Gasteiger partial charge is 0.304 e. The van der Waals surface area contributed by atoms with E-state index in [4.69, 9.17) is 16.7 Å². The molecule has 3 nitrogen and oxygen atoms in total. The molecule has 0 spiro atoms. The molecule has 0 aliphatic heterocycles. The van der Waals surface area contributed by atoms with Gasteiger partial charge in [0.15, 0.2) is 5.78 Å². The van der Waals surface area contributed by atoms with Crippen LogP contribution in [0, 0.1) is 5.92 Å². The van der Waals surface area contributed by atoms with Gasteiger partial charge in [-0.15, -0.1) is 0 Å². The second-order valence-corrected chi connectivity index (χ2v) is 6.55. The van der Waals surface area contributed by atoms with E-state index >= 15 is 0 Å². The quantitative estimate of drug-likeness (QED) is 0.740. The highest BCUT2D eigenvalue weighted by Crippen LogP contribution is 2.23. The minimum Gasteiger partial charge on any atom is -0.481 e. The van der Waals surface area contributed by atoms with E-state index in [2.05, 4.69) is 0 Å². The Labute approximate surface area is 144 Å². The lowest BCUT2D eigenvalue weighted by Gasteiger charge is -2.13. The van der Waals surface area contributed by atoms with Crippen molar-refractivity contribution >= 4 is 35.1 Å². The number of hydrogen-bond donors (Lipinski definition) is 1. The van der Waals surface area contributed by atoms with Crippen molar-refractivity contribution in [3.8, 4) is 11.1 Å². The summed E-state index contributed by atoms with van der Waals surface area (Å²) in [6, 6.07) is 14.7. The van der Waals surface area contributed by atoms with Crippen LogP contribution in [0.3, 0.4) is 0 Å². The zero-order chi connectivity index (χ0) is 16.8. The van der Waals surface area contributed by atoms with E-state index in [1.54, 1.807) is 12.1 Å². The summed E-state index contributed by atoms with van der Waals surface area (Å²) in [5, 5.41) is 9.62. The summed E-state index contributed by atoms with van der Waals surface area (Å²) < 4.78 is 0. The molecule has 0 saturated carbocycles. The van der Waals surface area contributed by atoms with E-state index in [9.17, 15) is 9.59 Å². The molecule has 2 aromatic rings. The molecular weight excluding hydrogens is 332 g/mol. The van der Waals surface area contributed by atoms with Crippen molar-refractivity contribution in [2.24, 2.45) is 5.92 Å². The predicted molar refractivity (Wildman–Crippen MR) is 95.3 cm³/mol. The van der Waals surface area contributed by atoms with E-state index in [-0.39, 0.29) is 12.2 Å². The van der Waals surface area contributed by atoms with E-state index in [1.807, 2.05) is 42.7 Å². The molecule has 1 N–H and O–H groups in total. The highest BCUT2D eigenvalue weighted by Gasteiger charge is 2.22. The van der Waals surface area contributed by atoms with Gasteiger partial charge in [-0.2, -0.15) is 11.8 Å². The van der Waals surface area contributed by atoms with Crippen molar-refractivity contribution in [2.75, 3.05) is 12.0 Å². The summed E-state index contributed by atoms with van der Waals surface area (Å²) in [6.45, 7) is 0. The molecule has 0 bridgehead atoms. The fourth-order valence-electron chi connectivity index (χ4n) is 2.34. The summed E-state index contributed by atoms with van der Waals surface area (Å²) in [6.07, 6.45) is 1.73. The van der Waals surface area contributed by atoms with Crippen LogP contribution < -0.4 is 0 Å². The first-order valence-corrected chi connectivity index (χ1v) is 8.89. The number of Topliss-reactive ketones (excluding diaryl/α,β-unsaturated/α-hetero) is 1. The van der Waals surface area contributed by atoms with Crippen molar-refractivity contribution in [1.29, 1.82) is 0 Å². The van der Waals surface area contributed by atoms with Gasteiger partial charge < -0.3 is 5.11 Å². The van der Waals surface area contributed by atoms with Gasteiger partial charge in [0.2, 0.25) is 0 Å². The summed E-state index contributed by atoms with van der Waals surface area (Å²) in [5.41, 5.74) is 2.54. The Kier molecular flexibility index (Phi) is 6.25. The third-order valence-electron chi connectivity index (χ3n) is 3.51. The van der Waals surface area contributed by atoms with Crippen LogP contribution in [0.4, 0.5) is 0 Å². The molecule has 23 heavy (non-hydrogen) atoms. The maximum absolute atomic E-state index is 12.5. The van der Waals surface area contributed by atoms with E-state index < -0.39 is 11.9 Å². The van der Waals surface area contributed by atoms with Gasteiger partial charge in [0.25, 0.3) is 0 Å². The number of carbonyl (C=O) groups is 2. The van der Waals surface area contributed by atoms with Crippen molar-refractivity contribution in [3.63, 3.8) is 0 Å². The fraction of sp³-hybridized carbons (Fsp3) is 0.222. The number of carboxylic acids is 1. The fourth-order valence-corrected chi connectivity index (χ4v) is 3.14. The monoisotopic (exact) mass is 348 g/mol. The molecule has 1 atom stereocenters. The van der Waals surface area contributed by atoms with Gasteiger partial charge in [-0.05, 0) is 29.5 Å². The maximum Gasteiger partial charge on any atom is 0.304 e. The highest BCUT2D eigenvalue weighted by atomic mass is 35.5. The van der Waals surface area contributed by atoms with Gasteiger partial charge >= 0.3 is 5.97 Å². The normalized spacial score (nSPS) is 11.9. The van der Waals surface area contributed by atoms with Crippen molar-refractivity contribution in [1.82, 2.24) is 0 Å². The molecule has 0 amide bonds. The van der Waals surface area contributed by atoms with Gasteiger partial charge in [0, 0.05) is 22.3 Å². The molecule has 0 radical (unpaired) electrons. The number of carboxylic acid groups (broad SMARTS) is 1. The van der Waals surface area contributed by atoms with Crippen LogP contribution in [0.25, 0.3) is 11.1 Å². The molecule has 0 heterocycles. The van der Waals surface area contributed by atoms with Crippen LogP contribution >= 0.6 is 23.4 Å². The van der Waals surface area contributed by atoms with Crippen molar-refractivity contribution in [3.05, 3.63) is 59.1 Å². The van der Waals surface area contributed by atoms with Crippen molar-refractivity contribution < 1.29 is 14.7 Å². The Balaban J connectivity index is 2.18. The van der Waals surface area contributed by atoms with Gasteiger partial charge in [0.05, 0.1) is 6.42 Å². The van der Waals surface area contributed by atoms with E-state index in [1.165, 1.54) is 11.8 Å². The molecule has 0 aromatic heterocycles. The van der Waals surface area contributed by atoms with E-state index in [0.29, 0.717) is 16.3 Å². The lowest BCUT2D eigenvalue weighted by molar-refractivity contribution is -0.137. The van der Waals surface area contributed by atoms with Gasteiger partial charge in [-0.25, -0.2) is 0 Å². The summed E-state index contributed by atoms with van der Waals surface area (Å²) in [4.78, 5) is 23.4. The first-order chi connectivity index (χ1) is 11.0. The first-order valence-electron chi connectivity index (χ1n) is 7.12. The number of rotatable bonds is 7. The summed E-state index contributed by atoms with van der Waals surface area (Å²) in [7, 11) is 0. The summed E-state index contributed by atoms with van der Waals surface area (Å²) in [5.74, 6) is -1.06. The van der Waals surface area contributed by atoms with Gasteiger partial charge in [-0.3, -0.25) is 9.59 Å². The number of halogens is 1. The molecular formula is C18H17ClO3S. The number of aliphatic carboxylic acids is 1. The first kappa shape index (κ1) is 17.6. The molecule has 0 aliphatic rings. The molecule has 0 saturated heterocycles. The Morgan fingerprint density at radius 3 is 2.04 bits per heavy atom. The molecule has 2 rings (SSSR count). The van der Waals surface area contributed by atoms with Crippen LogP contribution in [0.15, 0.2) is 48.5 Å². The molecule has 1 unspecified atom stereocenters. The van der Waals surface area contributed by atoms with Crippen LogP contribution in [0.1, 0.15) is 16.8 Å². The van der Waals surface area contributed by atoms with Crippen molar-refractivity contribution in [2.45, 2.75) is 6.42 Å². The highest BCUT2D eigenvalue weighted by molar-refractivity contribution is 7.98. The second-order valence-electron chi connectivity index (χ2n) is 5.20. The molecule has 0 aliphatic carbocycles. The lowest BCUT2D eigenvalue weighted by Crippen LogP contribution is -2.20. The molecule has 0 fully saturated rings. The Hall–Kier alpha value is -1.78. The third-order valence-corrected chi connectivity index (χ3v) is 4.49. The maximum atomic E-state index is 12.5. The average Bonchev–Trinajstić information content (AvgIpc) is 2.54. The van der Waals surface area contributed by atoms with Crippen LogP contribution in [-0.2, 0) is 4.79 Å². The largest absolute Gasteiger partial charge is 0.481 e. The zero-order valence-corrected chi connectivity index (χ0v) is 14.2. The predicted octanol–water partition coefficient (Wildman–Crippen LogP) is 4.64. The zero-order valence-electron chi connectivity index (χ0n) is 12.7. The topological polar surface area (TPSA) is 54.4 Å². The third kappa shape index (κ3) is 4.85. The Morgan fingerprint density at radius 1 is 1.04 bits per heavy atom. The number of thioether (sulfide) groups is 1. The minimum absolute atomic E-state index is 0.121. The standard InChI is InChI=1S/C18H17ClO3S/c1-23-11-15(10-17(20)21)18(22)14-4-2-12(3-5-14)13-6-8-16(19)9-7-13/h2-9,15H,10-11H2,1H3,(H,20,21). The number of ketones is 1. The van der Waals surface area contributed by atoms with Crippen LogP contribution in [0.2, 0.25) is 5.02 Å². The SMILES string of the molecule is CSCC(CC(=O)O)C(=O)c1ccc(-c2ccc(Cl)cc2)cc1. The number of benzene rings is 2. The molecule has 5 heteroatoms. The lowest BCUT2D eigenvalue weighted by atomic mass is 9.94. The van der Waals surface area contributed by atoms with Gasteiger partial charge in [0.1, 0.15) is 0 Å². The number of hydrogen-bond acceptors (Lipinski definition) is 3. The minimum atomic E-state index is -0.949. The van der Waals surface area contributed by atoms with E-state index in [0.717, 1.165) is 11.1 Å². The Bertz CT molecular complexity index is 680. The average molecular weight is 349 g/mol. The molecule has 120 valence electrons. The van der Waals surface area contributed by atoms with Crippen LogP contribution in [0.5, 0.6) is 0 Å². The molecule has 2 aromatic carbocycles.